The van der Waals surface area contributed by atoms with E-state index in [1.807, 2.05) is 6.92 Å². The second-order valence-electron chi connectivity index (χ2n) is 4.01. The van der Waals surface area contributed by atoms with Gasteiger partial charge in [-0.25, -0.2) is 4.79 Å². The van der Waals surface area contributed by atoms with Crippen LogP contribution in [0.3, 0.4) is 0 Å². The number of carboxylic acid groups (broad SMARTS) is 1. The van der Waals surface area contributed by atoms with Crippen molar-refractivity contribution in [1.82, 2.24) is 15.1 Å². The molecule has 0 radical (unpaired) electrons. The number of hydrogen-bond acceptors (Lipinski definition) is 3. The first-order chi connectivity index (χ1) is 8.54. The van der Waals surface area contributed by atoms with E-state index in [0.717, 1.165) is 26.1 Å². The van der Waals surface area contributed by atoms with Crippen molar-refractivity contribution in [2.24, 2.45) is 0 Å². The van der Waals surface area contributed by atoms with Gasteiger partial charge in [-0.2, -0.15) is 0 Å². The summed E-state index contributed by atoms with van der Waals surface area (Å²) in [5.74, 6) is -1.03. The maximum atomic E-state index is 11.6. The van der Waals surface area contributed by atoms with E-state index < -0.39 is 5.97 Å². The van der Waals surface area contributed by atoms with Gasteiger partial charge in [0, 0.05) is 13.1 Å². The fourth-order valence-electron chi connectivity index (χ4n) is 1.69. The van der Waals surface area contributed by atoms with E-state index in [0.29, 0.717) is 13.1 Å². The van der Waals surface area contributed by atoms with Crippen molar-refractivity contribution in [2.75, 3.05) is 39.3 Å². The zero-order chi connectivity index (χ0) is 14.0. The summed E-state index contributed by atoms with van der Waals surface area (Å²) in [6, 6.07) is -0.306. The van der Waals surface area contributed by atoms with Crippen molar-refractivity contribution in [3.8, 4) is 0 Å². The Morgan fingerprint density at radius 2 is 1.67 bits per heavy atom. The van der Waals surface area contributed by atoms with E-state index in [2.05, 4.69) is 24.1 Å². The molecular weight excluding hydrogens is 234 g/mol. The minimum atomic E-state index is -1.03. The lowest BCUT2D eigenvalue weighted by atomic mass is 10.3. The van der Waals surface area contributed by atoms with Crippen LogP contribution in [0.5, 0.6) is 0 Å². The SMILES string of the molecule is CCN(CC)CCCN(CC)C(=O)NCC(=O)O. The van der Waals surface area contributed by atoms with E-state index in [-0.39, 0.29) is 12.6 Å². The molecule has 0 aliphatic rings. The third-order valence-electron chi connectivity index (χ3n) is 2.86. The maximum absolute atomic E-state index is 11.6. The third kappa shape index (κ3) is 7.11. The van der Waals surface area contributed by atoms with Crippen LogP contribution in [0.25, 0.3) is 0 Å². The number of carbonyl (C=O) groups excluding carboxylic acids is 1. The number of urea groups is 1. The summed E-state index contributed by atoms with van der Waals surface area (Å²) in [6.45, 7) is 9.99. The van der Waals surface area contributed by atoms with Gasteiger partial charge in [-0.15, -0.1) is 0 Å². The van der Waals surface area contributed by atoms with E-state index in [1.165, 1.54) is 0 Å². The van der Waals surface area contributed by atoms with E-state index in [4.69, 9.17) is 5.11 Å². The first-order valence-electron chi connectivity index (χ1n) is 6.52. The zero-order valence-electron chi connectivity index (χ0n) is 11.6. The maximum Gasteiger partial charge on any atom is 0.323 e. The lowest BCUT2D eigenvalue weighted by Crippen LogP contribution is -2.43. The molecule has 18 heavy (non-hydrogen) atoms. The van der Waals surface area contributed by atoms with Crippen LogP contribution < -0.4 is 5.32 Å². The molecule has 0 aromatic carbocycles. The van der Waals surface area contributed by atoms with E-state index in [9.17, 15) is 9.59 Å². The fraction of sp³-hybridized carbons (Fsp3) is 0.833. The predicted molar refractivity (Wildman–Crippen MR) is 70.7 cm³/mol. The van der Waals surface area contributed by atoms with Gasteiger partial charge < -0.3 is 20.2 Å². The molecule has 0 atom stereocenters. The smallest absolute Gasteiger partial charge is 0.323 e. The van der Waals surface area contributed by atoms with Gasteiger partial charge in [0.15, 0.2) is 0 Å². The fourth-order valence-corrected chi connectivity index (χ4v) is 1.69. The molecule has 0 fully saturated rings. The molecule has 0 aliphatic carbocycles. The Morgan fingerprint density at radius 1 is 1.06 bits per heavy atom. The summed E-state index contributed by atoms with van der Waals surface area (Å²) in [5.41, 5.74) is 0. The molecule has 0 saturated heterocycles. The monoisotopic (exact) mass is 259 g/mol. The Morgan fingerprint density at radius 3 is 2.11 bits per heavy atom. The van der Waals surface area contributed by atoms with Crippen molar-refractivity contribution >= 4 is 12.0 Å². The van der Waals surface area contributed by atoms with Crippen molar-refractivity contribution in [1.29, 1.82) is 0 Å². The first kappa shape index (κ1) is 16.7. The normalized spacial score (nSPS) is 10.4. The van der Waals surface area contributed by atoms with E-state index in [1.54, 1.807) is 4.90 Å². The van der Waals surface area contributed by atoms with Crippen LogP contribution in [0.4, 0.5) is 4.79 Å². The second-order valence-corrected chi connectivity index (χ2v) is 4.01. The molecule has 0 aliphatic heterocycles. The number of aliphatic carboxylic acids is 1. The number of amides is 2. The Bertz CT molecular complexity index is 255. The highest BCUT2D eigenvalue weighted by Crippen LogP contribution is 1.96. The summed E-state index contributed by atoms with van der Waals surface area (Å²) in [5, 5.41) is 10.9. The lowest BCUT2D eigenvalue weighted by molar-refractivity contribution is -0.135. The molecule has 2 N–H and O–H groups in total. The average Bonchev–Trinajstić information content (AvgIpc) is 2.36. The Balaban J connectivity index is 3.95. The van der Waals surface area contributed by atoms with Crippen LogP contribution in [-0.2, 0) is 4.79 Å². The van der Waals surface area contributed by atoms with Crippen LogP contribution in [-0.4, -0.2) is 66.2 Å². The molecule has 0 spiro atoms. The number of carboxylic acids is 1. The van der Waals surface area contributed by atoms with Crippen LogP contribution in [0.1, 0.15) is 27.2 Å². The second kappa shape index (κ2) is 9.70. The van der Waals surface area contributed by atoms with Gasteiger partial charge in [-0.1, -0.05) is 13.8 Å². The molecule has 0 heterocycles. The number of nitrogens with zero attached hydrogens (tertiary/aromatic N) is 2. The van der Waals surface area contributed by atoms with Crippen LogP contribution in [0, 0.1) is 0 Å². The summed E-state index contributed by atoms with van der Waals surface area (Å²) in [7, 11) is 0. The van der Waals surface area contributed by atoms with Gasteiger partial charge in [0.05, 0.1) is 0 Å². The molecule has 6 nitrogen and oxygen atoms in total. The van der Waals surface area contributed by atoms with Crippen molar-refractivity contribution in [3.05, 3.63) is 0 Å². The molecule has 106 valence electrons. The first-order valence-corrected chi connectivity index (χ1v) is 6.52. The number of carbonyl (C=O) groups is 2. The number of rotatable bonds is 9. The average molecular weight is 259 g/mol. The zero-order valence-corrected chi connectivity index (χ0v) is 11.6. The highest BCUT2D eigenvalue weighted by atomic mass is 16.4. The van der Waals surface area contributed by atoms with E-state index >= 15 is 0 Å². The number of hydrogen-bond donors (Lipinski definition) is 2. The van der Waals surface area contributed by atoms with Crippen molar-refractivity contribution < 1.29 is 14.7 Å². The van der Waals surface area contributed by atoms with Gasteiger partial charge >= 0.3 is 12.0 Å². The predicted octanol–water partition coefficient (Wildman–Crippen LogP) is 0.834. The van der Waals surface area contributed by atoms with Crippen molar-refractivity contribution in [2.45, 2.75) is 27.2 Å². The molecule has 0 saturated carbocycles. The third-order valence-corrected chi connectivity index (χ3v) is 2.86. The number of nitrogens with one attached hydrogen (secondary N) is 1. The topological polar surface area (TPSA) is 72.9 Å². The van der Waals surface area contributed by atoms with Crippen LogP contribution >= 0.6 is 0 Å². The molecular formula is C12H25N3O3. The summed E-state index contributed by atoms with van der Waals surface area (Å²) in [4.78, 5) is 25.9. The van der Waals surface area contributed by atoms with Gasteiger partial charge in [-0.05, 0) is 33.0 Å². The van der Waals surface area contributed by atoms with Crippen LogP contribution in [0.2, 0.25) is 0 Å². The summed E-state index contributed by atoms with van der Waals surface area (Å²) in [6.07, 6.45) is 0.899. The van der Waals surface area contributed by atoms with Gasteiger partial charge in [0.25, 0.3) is 0 Å². The van der Waals surface area contributed by atoms with Gasteiger partial charge in [0.1, 0.15) is 6.54 Å². The molecule has 0 aromatic heterocycles. The van der Waals surface area contributed by atoms with Gasteiger partial charge in [-0.3, -0.25) is 4.79 Å². The van der Waals surface area contributed by atoms with Crippen molar-refractivity contribution in [3.63, 3.8) is 0 Å². The molecule has 0 aromatic rings. The quantitative estimate of drug-likeness (QED) is 0.643. The molecule has 2 amide bonds. The Hall–Kier alpha value is -1.30. The lowest BCUT2D eigenvalue weighted by Gasteiger charge is -2.23. The molecule has 6 heteroatoms. The molecule has 0 unspecified atom stereocenters. The minimum absolute atomic E-state index is 0.306. The molecule has 0 rings (SSSR count). The Kier molecular flexibility index (Phi) is 9.00. The highest BCUT2D eigenvalue weighted by molar-refractivity contribution is 5.79. The minimum Gasteiger partial charge on any atom is -0.480 e. The standard InChI is InChI=1S/C12H25N3O3/c1-4-14(5-2)8-7-9-15(6-3)12(18)13-10-11(16)17/h4-10H2,1-3H3,(H,13,18)(H,16,17). The highest BCUT2D eigenvalue weighted by Gasteiger charge is 2.12. The summed E-state index contributed by atoms with van der Waals surface area (Å²) < 4.78 is 0. The summed E-state index contributed by atoms with van der Waals surface area (Å²) >= 11 is 0. The van der Waals surface area contributed by atoms with Gasteiger partial charge in [0.2, 0.25) is 0 Å². The van der Waals surface area contributed by atoms with Crippen LogP contribution in [0.15, 0.2) is 0 Å². The largest absolute Gasteiger partial charge is 0.480 e. The Labute approximate surface area is 109 Å². The molecule has 0 bridgehead atoms.